The quantitative estimate of drug-likeness (QED) is 0.574. The van der Waals surface area contributed by atoms with Crippen molar-refractivity contribution < 1.29 is 14.9 Å². The molecular weight excluding hydrogens is 300 g/mol. The summed E-state index contributed by atoms with van der Waals surface area (Å²) in [6, 6.07) is 0. The molecule has 0 aromatic heterocycles. The fourth-order valence-corrected chi connectivity index (χ4v) is 8.02. The van der Waals surface area contributed by atoms with Gasteiger partial charge in [-0.05, 0) is 81.5 Å². The molecule has 1 aliphatic heterocycles. The molecule has 0 aromatic rings. The van der Waals surface area contributed by atoms with Crippen LogP contribution in [0.15, 0.2) is 0 Å². The fourth-order valence-electron chi connectivity index (χ4n) is 8.02. The van der Waals surface area contributed by atoms with E-state index in [0.717, 1.165) is 44.9 Å². The molecule has 132 valence electrons. The van der Waals surface area contributed by atoms with E-state index in [2.05, 4.69) is 12.8 Å². The molecular formula is C21H30O3. The molecule has 5 rings (SSSR count). The minimum absolute atomic E-state index is 0.00602. The van der Waals surface area contributed by atoms with Crippen LogP contribution in [0, 0.1) is 41.4 Å². The van der Waals surface area contributed by atoms with Crippen LogP contribution in [0.2, 0.25) is 0 Å². The number of hydrogen-bond acceptors (Lipinski definition) is 3. The van der Waals surface area contributed by atoms with Crippen molar-refractivity contribution in [3.05, 3.63) is 0 Å². The fraction of sp³-hybridized carbons (Fsp3) is 0.905. The zero-order valence-corrected chi connectivity index (χ0v) is 14.7. The van der Waals surface area contributed by atoms with Crippen molar-refractivity contribution in [3.63, 3.8) is 0 Å². The van der Waals surface area contributed by atoms with Crippen LogP contribution in [-0.2, 0) is 4.74 Å². The van der Waals surface area contributed by atoms with Crippen molar-refractivity contribution in [1.82, 2.24) is 0 Å². The van der Waals surface area contributed by atoms with Crippen molar-refractivity contribution in [2.75, 3.05) is 0 Å². The Morgan fingerprint density at radius 2 is 1.79 bits per heavy atom. The van der Waals surface area contributed by atoms with E-state index in [1.807, 2.05) is 0 Å². The van der Waals surface area contributed by atoms with Crippen LogP contribution >= 0.6 is 0 Å². The number of ether oxygens (including phenoxy) is 1. The third-order valence-electron chi connectivity index (χ3n) is 9.12. The summed E-state index contributed by atoms with van der Waals surface area (Å²) in [4.78, 5) is 0. The Kier molecular flexibility index (Phi) is 3.12. The standard InChI is InChI=1S/C21H30O3/c1-3-19-10-7-14-13(15(19)9-11-20(19,23)4-2)8-12-21-16(14)5-6-17(22)18(21)24-21/h2,13-18,22-23H,3,5-12H2,1H3/t13-,14+,15+,16-,17+,18?,19+,20+,21?/m1/s1. The lowest BCUT2D eigenvalue weighted by atomic mass is 9.48. The Morgan fingerprint density at radius 1 is 1.04 bits per heavy atom. The maximum atomic E-state index is 11.2. The van der Waals surface area contributed by atoms with Crippen LogP contribution in [0.3, 0.4) is 0 Å². The van der Waals surface area contributed by atoms with E-state index in [0.29, 0.717) is 23.7 Å². The summed E-state index contributed by atoms with van der Waals surface area (Å²) in [5.41, 5.74) is -0.953. The number of terminal acetylenes is 1. The van der Waals surface area contributed by atoms with Gasteiger partial charge in [-0.3, -0.25) is 0 Å². The van der Waals surface area contributed by atoms with Crippen molar-refractivity contribution in [2.24, 2.45) is 29.1 Å². The summed E-state index contributed by atoms with van der Waals surface area (Å²) in [5, 5.41) is 21.4. The summed E-state index contributed by atoms with van der Waals surface area (Å²) >= 11 is 0. The topological polar surface area (TPSA) is 53.0 Å². The van der Waals surface area contributed by atoms with Gasteiger partial charge in [-0.15, -0.1) is 6.42 Å². The first-order valence-corrected chi connectivity index (χ1v) is 10.1. The molecule has 9 atom stereocenters. The molecule has 5 aliphatic rings. The molecule has 1 heterocycles. The van der Waals surface area contributed by atoms with E-state index in [1.54, 1.807) is 0 Å². The van der Waals surface area contributed by atoms with E-state index in [4.69, 9.17) is 11.2 Å². The van der Waals surface area contributed by atoms with E-state index in [1.165, 1.54) is 12.8 Å². The maximum Gasteiger partial charge on any atom is 0.131 e. The van der Waals surface area contributed by atoms with Gasteiger partial charge in [-0.1, -0.05) is 12.8 Å². The second-order valence-electron chi connectivity index (χ2n) is 9.31. The molecule has 3 heteroatoms. The van der Waals surface area contributed by atoms with Crippen molar-refractivity contribution >= 4 is 0 Å². The molecule has 3 nitrogen and oxygen atoms in total. The predicted molar refractivity (Wildman–Crippen MR) is 91.0 cm³/mol. The first-order valence-electron chi connectivity index (χ1n) is 10.1. The van der Waals surface area contributed by atoms with E-state index >= 15 is 0 Å². The molecule has 4 aliphatic carbocycles. The van der Waals surface area contributed by atoms with Crippen LogP contribution in [0.25, 0.3) is 0 Å². The van der Waals surface area contributed by atoms with Crippen LogP contribution < -0.4 is 0 Å². The number of hydrogen-bond donors (Lipinski definition) is 2. The summed E-state index contributed by atoms with van der Waals surface area (Å²) in [6.07, 6.45) is 15.1. The lowest BCUT2D eigenvalue weighted by Crippen LogP contribution is -2.56. The van der Waals surface area contributed by atoms with E-state index in [9.17, 15) is 10.2 Å². The first kappa shape index (κ1) is 15.7. The average Bonchev–Trinajstić information content (AvgIpc) is 3.26. The molecule has 1 saturated heterocycles. The highest BCUT2D eigenvalue weighted by Gasteiger charge is 2.72. The van der Waals surface area contributed by atoms with Gasteiger partial charge in [0.15, 0.2) is 0 Å². The second-order valence-corrected chi connectivity index (χ2v) is 9.31. The van der Waals surface area contributed by atoms with Gasteiger partial charge in [0.05, 0.1) is 6.10 Å². The summed E-state index contributed by atoms with van der Waals surface area (Å²) in [6.45, 7) is 2.22. The number of epoxide rings is 1. The molecule has 2 unspecified atom stereocenters. The molecule has 5 fully saturated rings. The van der Waals surface area contributed by atoms with Crippen LogP contribution in [0.1, 0.15) is 64.7 Å². The van der Waals surface area contributed by atoms with Gasteiger partial charge in [0.1, 0.15) is 17.3 Å². The van der Waals surface area contributed by atoms with Crippen molar-refractivity contribution in [2.45, 2.75) is 88.1 Å². The molecule has 4 saturated carbocycles. The smallest absolute Gasteiger partial charge is 0.131 e. The van der Waals surface area contributed by atoms with Gasteiger partial charge in [-0.25, -0.2) is 0 Å². The Bertz CT molecular complexity index is 596. The highest BCUT2D eigenvalue weighted by molar-refractivity contribution is 5.26. The summed E-state index contributed by atoms with van der Waals surface area (Å²) in [5.74, 6) is 5.40. The van der Waals surface area contributed by atoms with E-state index < -0.39 is 5.60 Å². The number of fused-ring (bicyclic) bond motifs is 4. The third kappa shape index (κ3) is 1.62. The van der Waals surface area contributed by atoms with Crippen molar-refractivity contribution in [1.29, 1.82) is 0 Å². The molecule has 0 aromatic carbocycles. The van der Waals surface area contributed by atoms with Gasteiger partial charge in [-0.2, -0.15) is 0 Å². The van der Waals surface area contributed by atoms with Crippen molar-refractivity contribution in [3.8, 4) is 12.3 Å². The highest BCUT2D eigenvalue weighted by Crippen LogP contribution is 2.70. The molecule has 0 radical (unpaired) electrons. The Morgan fingerprint density at radius 3 is 2.54 bits per heavy atom. The van der Waals surface area contributed by atoms with Gasteiger partial charge in [0.25, 0.3) is 0 Å². The highest BCUT2D eigenvalue weighted by atomic mass is 16.6. The van der Waals surface area contributed by atoms with E-state index in [-0.39, 0.29) is 23.2 Å². The minimum Gasteiger partial charge on any atom is -0.390 e. The van der Waals surface area contributed by atoms with Gasteiger partial charge < -0.3 is 14.9 Å². The summed E-state index contributed by atoms with van der Waals surface area (Å²) < 4.78 is 6.12. The number of aliphatic hydroxyl groups is 2. The lowest BCUT2D eigenvalue weighted by Gasteiger charge is -2.56. The van der Waals surface area contributed by atoms with Crippen LogP contribution in [-0.4, -0.2) is 33.6 Å². The molecule has 24 heavy (non-hydrogen) atoms. The normalized spacial score (nSPS) is 61.1. The third-order valence-corrected chi connectivity index (χ3v) is 9.12. The zero-order valence-electron chi connectivity index (χ0n) is 14.7. The zero-order chi connectivity index (χ0) is 16.7. The minimum atomic E-state index is -0.895. The number of rotatable bonds is 1. The van der Waals surface area contributed by atoms with Gasteiger partial charge >= 0.3 is 0 Å². The molecule has 0 bridgehead atoms. The largest absolute Gasteiger partial charge is 0.390 e. The molecule has 1 spiro atoms. The molecule has 0 amide bonds. The maximum absolute atomic E-state index is 11.2. The van der Waals surface area contributed by atoms with Gasteiger partial charge in [0, 0.05) is 5.41 Å². The Labute approximate surface area is 145 Å². The second kappa shape index (κ2) is 4.78. The number of aliphatic hydroxyl groups excluding tert-OH is 1. The van der Waals surface area contributed by atoms with Crippen LogP contribution in [0.5, 0.6) is 0 Å². The summed E-state index contributed by atoms with van der Waals surface area (Å²) in [7, 11) is 0. The predicted octanol–water partition coefficient (Wildman–Crippen LogP) is 2.89. The van der Waals surface area contributed by atoms with Crippen LogP contribution in [0.4, 0.5) is 0 Å². The Hall–Kier alpha value is -0.560. The molecule has 2 N–H and O–H groups in total. The Balaban J connectivity index is 1.47. The van der Waals surface area contributed by atoms with Gasteiger partial charge in [0.2, 0.25) is 0 Å². The lowest BCUT2D eigenvalue weighted by molar-refractivity contribution is -0.118. The SMILES string of the molecule is C#C[C@]1(O)CC[C@H]2[C@@H]3CCC45OC4[C@@H](O)CC[C@@H]5[C@H]3CC[C@@]21CC. The average molecular weight is 330 g/mol. The monoisotopic (exact) mass is 330 g/mol. The first-order chi connectivity index (χ1) is 11.5.